The number of nitrogens with zero attached hydrogens (tertiary/aromatic N) is 1. The summed E-state index contributed by atoms with van der Waals surface area (Å²) < 4.78 is 0.979. The molecule has 100 valence electrons. The van der Waals surface area contributed by atoms with Crippen molar-refractivity contribution in [2.75, 3.05) is 11.1 Å². The van der Waals surface area contributed by atoms with E-state index in [-0.39, 0.29) is 0 Å². The van der Waals surface area contributed by atoms with Gasteiger partial charge in [0.2, 0.25) is 0 Å². The van der Waals surface area contributed by atoms with E-state index < -0.39 is 0 Å². The minimum Gasteiger partial charge on any atom is -0.397 e. The molecule has 3 rings (SSSR count). The van der Waals surface area contributed by atoms with E-state index in [1.807, 2.05) is 36.5 Å². The molecule has 0 spiro atoms. The van der Waals surface area contributed by atoms with Gasteiger partial charge in [0.25, 0.3) is 0 Å². The van der Waals surface area contributed by atoms with Gasteiger partial charge in [-0.3, -0.25) is 4.98 Å². The predicted octanol–water partition coefficient (Wildman–Crippen LogP) is 4.19. The Labute approximate surface area is 126 Å². The van der Waals surface area contributed by atoms with Gasteiger partial charge in [-0.25, -0.2) is 0 Å². The van der Waals surface area contributed by atoms with Crippen LogP contribution in [0.3, 0.4) is 0 Å². The molecule has 0 aliphatic rings. The van der Waals surface area contributed by atoms with Crippen LogP contribution in [0.4, 0.5) is 11.4 Å². The summed E-state index contributed by atoms with van der Waals surface area (Å²) in [7, 11) is 0. The highest BCUT2D eigenvalue weighted by Crippen LogP contribution is 2.24. The fourth-order valence-corrected chi connectivity index (χ4v) is 2.57. The first kappa shape index (κ1) is 12.9. The summed E-state index contributed by atoms with van der Waals surface area (Å²) in [6.45, 7) is 0.695. The van der Waals surface area contributed by atoms with Crippen molar-refractivity contribution in [1.82, 2.24) is 4.98 Å². The Hall–Kier alpha value is -2.07. The number of halogens is 1. The first-order valence-electron chi connectivity index (χ1n) is 6.35. The van der Waals surface area contributed by atoms with Crippen LogP contribution in [0, 0.1) is 0 Å². The maximum absolute atomic E-state index is 5.99. The van der Waals surface area contributed by atoms with E-state index in [4.69, 9.17) is 5.73 Å². The van der Waals surface area contributed by atoms with E-state index in [1.54, 1.807) is 0 Å². The fraction of sp³-hybridized carbons (Fsp3) is 0.0625. The lowest BCUT2D eigenvalue weighted by molar-refractivity contribution is 1.15. The van der Waals surface area contributed by atoms with Gasteiger partial charge in [0.05, 0.1) is 16.9 Å². The van der Waals surface area contributed by atoms with Crippen LogP contribution in [0.25, 0.3) is 10.9 Å². The van der Waals surface area contributed by atoms with Crippen molar-refractivity contribution >= 4 is 38.2 Å². The van der Waals surface area contributed by atoms with Crippen molar-refractivity contribution in [1.29, 1.82) is 0 Å². The van der Waals surface area contributed by atoms with Gasteiger partial charge in [0, 0.05) is 22.6 Å². The molecule has 0 saturated heterocycles. The number of nitrogen functional groups attached to an aromatic ring is 1. The van der Waals surface area contributed by atoms with Crippen LogP contribution in [0.2, 0.25) is 0 Å². The maximum atomic E-state index is 5.99. The molecular weight excluding hydrogens is 314 g/mol. The van der Waals surface area contributed by atoms with Crippen molar-refractivity contribution in [3.8, 4) is 0 Å². The van der Waals surface area contributed by atoms with Crippen molar-refractivity contribution in [2.45, 2.75) is 6.54 Å². The predicted molar refractivity (Wildman–Crippen MR) is 87.6 cm³/mol. The number of fused-ring (bicyclic) bond motifs is 1. The Morgan fingerprint density at radius 3 is 2.80 bits per heavy atom. The molecule has 0 aliphatic carbocycles. The van der Waals surface area contributed by atoms with Crippen LogP contribution >= 0.6 is 15.9 Å². The number of pyridine rings is 1. The summed E-state index contributed by atoms with van der Waals surface area (Å²) in [5.74, 6) is 0. The molecule has 3 aromatic rings. The average Bonchev–Trinajstić information content (AvgIpc) is 2.46. The summed E-state index contributed by atoms with van der Waals surface area (Å²) in [6.07, 6.45) is 1.82. The SMILES string of the molecule is Nc1cc(Br)ccc1NCc1cccc2cccnc12. The molecule has 0 unspecified atom stereocenters. The number of nitrogens with one attached hydrogen (secondary N) is 1. The number of rotatable bonds is 3. The van der Waals surface area contributed by atoms with E-state index in [9.17, 15) is 0 Å². The lowest BCUT2D eigenvalue weighted by Crippen LogP contribution is -2.03. The first-order valence-corrected chi connectivity index (χ1v) is 7.15. The van der Waals surface area contributed by atoms with Gasteiger partial charge in [-0.05, 0) is 29.8 Å². The van der Waals surface area contributed by atoms with Crippen molar-refractivity contribution < 1.29 is 0 Å². The Morgan fingerprint density at radius 1 is 1.10 bits per heavy atom. The molecule has 20 heavy (non-hydrogen) atoms. The molecule has 1 aromatic heterocycles. The Balaban J connectivity index is 1.87. The second kappa shape index (κ2) is 5.51. The number of anilines is 2. The Kier molecular flexibility index (Phi) is 3.56. The monoisotopic (exact) mass is 327 g/mol. The summed E-state index contributed by atoms with van der Waals surface area (Å²) in [5.41, 5.74) is 9.83. The molecule has 0 amide bonds. The van der Waals surface area contributed by atoms with Gasteiger partial charge in [-0.15, -0.1) is 0 Å². The molecule has 3 nitrogen and oxygen atoms in total. The lowest BCUT2D eigenvalue weighted by atomic mass is 10.1. The third-order valence-corrected chi connectivity index (χ3v) is 3.69. The zero-order chi connectivity index (χ0) is 13.9. The standard InChI is InChI=1S/C16H14BrN3/c17-13-6-7-15(14(18)9-13)20-10-12-4-1-3-11-5-2-8-19-16(11)12/h1-9,20H,10,18H2. The quantitative estimate of drug-likeness (QED) is 0.709. The topological polar surface area (TPSA) is 50.9 Å². The zero-order valence-corrected chi connectivity index (χ0v) is 12.4. The summed E-state index contributed by atoms with van der Waals surface area (Å²) >= 11 is 3.41. The smallest absolute Gasteiger partial charge is 0.0751 e. The van der Waals surface area contributed by atoms with Crippen LogP contribution in [0.5, 0.6) is 0 Å². The highest BCUT2D eigenvalue weighted by atomic mass is 79.9. The number of aromatic nitrogens is 1. The number of para-hydroxylation sites is 1. The molecule has 0 radical (unpaired) electrons. The van der Waals surface area contributed by atoms with Gasteiger partial charge in [-0.1, -0.05) is 40.2 Å². The second-order valence-electron chi connectivity index (χ2n) is 4.58. The number of hydrogen-bond donors (Lipinski definition) is 2. The third kappa shape index (κ3) is 2.60. The average molecular weight is 328 g/mol. The van der Waals surface area contributed by atoms with Crippen molar-refractivity contribution in [3.05, 3.63) is 64.8 Å². The molecule has 0 fully saturated rings. The van der Waals surface area contributed by atoms with Crippen LogP contribution in [0.15, 0.2) is 59.2 Å². The number of benzene rings is 2. The van der Waals surface area contributed by atoms with Gasteiger partial charge in [0.15, 0.2) is 0 Å². The molecule has 2 aromatic carbocycles. The minimum absolute atomic E-state index is 0.695. The number of hydrogen-bond acceptors (Lipinski definition) is 3. The lowest BCUT2D eigenvalue weighted by Gasteiger charge is -2.11. The molecular formula is C16H14BrN3. The minimum atomic E-state index is 0.695. The summed E-state index contributed by atoms with van der Waals surface area (Å²) in [5, 5.41) is 4.51. The van der Waals surface area contributed by atoms with E-state index in [2.05, 4.69) is 44.4 Å². The first-order chi connectivity index (χ1) is 9.74. The third-order valence-electron chi connectivity index (χ3n) is 3.20. The Bertz CT molecular complexity index is 750. The summed E-state index contributed by atoms with van der Waals surface area (Å²) in [6, 6.07) is 16.1. The highest BCUT2D eigenvalue weighted by molar-refractivity contribution is 9.10. The van der Waals surface area contributed by atoms with E-state index in [0.717, 1.165) is 32.3 Å². The van der Waals surface area contributed by atoms with Crippen LogP contribution < -0.4 is 11.1 Å². The van der Waals surface area contributed by atoms with Gasteiger partial charge < -0.3 is 11.1 Å². The van der Waals surface area contributed by atoms with Crippen LogP contribution in [0.1, 0.15) is 5.56 Å². The molecule has 4 heteroatoms. The van der Waals surface area contributed by atoms with Crippen molar-refractivity contribution in [2.24, 2.45) is 0 Å². The zero-order valence-electron chi connectivity index (χ0n) is 10.8. The molecule has 3 N–H and O–H groups in total. The van der Waals surface area contributed by atoms with E-state index in [0.29, 0.717) is 6.54 Å². The van der Waals surface area contributed by atoms with Gasteiger partial charge >= 0.3 is 0 Å². The second-order valence-corrected chi connectivity index (χ2v) is 5.49. The summed E-state index contributed by atoms with van der Waals surface area (Å²) in [4.78, 5) is 4.45. The molecule has 0 bridgehead atoms. The molecule has 0 aliphatic heterocycles. The van der Waals surface area contributed by atoms with Crippen molar-refractivity contribution in [3.63, 3.8) is 0 Å². The van der Waals surface area contributed by atoms with Gasteiger partial charge in [-0.2, -0.15) is 0 Å². The molecule has 0 saturated carbocycles. The fourth-order valence-electron chi connectivity index (χ4n) is 2.20. The molecule has 0 atom stereocenters. The highest BCUT2D eigenvalue weighted by Gasteiger charge is 2.03. The maximum Gasteiger partial charge on any atom is 0.0751 e. The van der Waals surface area contributed by atoms with Crippen LogP contribution in [-0.4, -0.2) is 4.98 Å². The normalized spacial score (nSPS) is 10.7. The van der Waals surface area contributed by atoms with E-state index in [1.165, 1.54) is 0 Å². The van der Waals surface area contributed by atoms with Gasteiger partial charge in [0.1, 0.15) is 0 Å². The van der Waals surface area contributed by atoms with Crippen LogP contribution in [-0.2, 0) is 6.54 Å². The largest absolute Gasteiger partial charge is 0.397 e. The Morgan fingerprint density at radius 2 is 1.95 bits per heavy atom. The number of nitrogens with two attached hydrogens (primary N) is 1. The molecule has 1 heterocycles. The van der Waals surface area contributed by atoms with E-state index >= 15 is 0 Å².